The highest BCUT2D eigenvalue weighted by atomic mass is 15.2. The minimum Gasteiger partial charge on any atom is -0.356 e. The Kier molecular flexibility index (Phi) is 4.18. The van der Waals surface area contributed by atoms with E-state index in [-0.39, 0.29) is 0 Å². The fourth-order valence-electron chi connectivity index (χ4n) is 3.12. The Morgan fingerprint density at radius 1 is 1.43 bits per heavy atom. The second-order valence-electron chi connectivity index (χ2n) is 5.81. The molecule has 0 spiro atoms. The van der Waals surface area contributed by atoms with E-state index in [0.29, 0.717) is 5.92 Å². The summed E-state index contributed by atoms with van der Waals surface area (Å²) in [5.74, 6) is 2.51. The zero-order chi connectivity index (χ0) is 14.7. The van der Waals surface area contributed by atoms with Gasteiger partial charge in [-0.25, -0.2) is 9.97 Å². The van der Waals surface area contributed by atoms with Gasteiger partial charge in [0.05, 0.1) is 0 Å². The summed E-state index contributed by atoms with van der Waals surface area (Å²) in [5.41, 5.74) is 2.51. The summed E-state index contributed by atoms with van der Waals surface area (Å²) in [6.07, 6.45) is 8.41. The number of rotatable bonds is 4. The van der Waals surface area contributed by atoms with Gasteiger partial charge in [-0.15, -0.1) is 0 Å². The van der Waals surface area contributed by atoms with E-state index in [1.54, 1.807) is 0 Å². The largest absolute Gasteiger partial charge is 0.356 e. The van der Waals surface area contributed by atoms with E-state index in [1.807, 2.05) is 19.3 Å². The summed E-state index contributed by atoms with van der Waals surface area (Å²) in [4.78, 5) is 11.5. The number of piperidine rings is 1. The molecule has 5 nitrogen and oxygen atoms in total. The van der Waals surface area contributed by atoms with Gasteiger partial charge in [-0.05, 0) is 32.3 Å². The highest BCUT2D eigenvalue weighted by molar-refractivity contribution is 5.47. The predicted molar refractivity (Wildman–Crippen MR) is 83.5 cm³/mol. The van der Waals surface area contributed by atoms with Gasteiger partial charge < -0.3 is 4.90 Å². The Morgan fingerprint density at radius 2 is 2.33 bits per heavy atom. The molecular formula is C16H23N5. The average Bonchev–Trinajstić information content (AvgIpc) is 3.04. The molecule has 0 aliphatic carbocycles. The summed E-state index contributed by atoms with van der Waals surface area (Å²) >= 11 is 0. The SMILES string of the molecule is CCCc1cnc(C)nc1N1CCCC(c2ccn[nH]2)C1. The normalized spacial score (nSPS) is 19.0. The lowest BCUT2D eigenvalue weighted by Crippen LogP contribution is -2.36. The maximum Gasteiger partial charge on any atom is 0.135 e. The molecule has 0 radical (unpaired) electrons. The number of aromatic amines is 1. The number of anilines is 1. The molecule has 1 unspecified atom stereocenters. The van der Waals surface area contributed by atoms with Gasteiger partial charge in [-0.1, -0.05) is 13.3 Å². The molecule has 5 heteroatoms. The van der Waals surface area contributed by atoms with Crippen LogP contribution in [0.5, 0.6) is 0 Å². The molecule has 2 aromatic heterocycles. The molecule has 1 fully saturated rings. The minimum atomic E-state index is 0.519. The first-order valence-electron chi connectivity index (χ1n) is 7.84. The first kappa shape index (κ1) is 14.0. The summed E-state index contributed by atoms with van der Waals surface area (Å²) in [5, 5.41) is 7.21. The number of nitrogens with zero attached hydrogens (tertiary/aromatic N) is 4. The highest BCUT2D eigenvalue weighted by Gasteiger charge is 2.24. The Balaban J connectivity index is 1.84. The van der Waals surface area contributed by atoms with E-state index >= 15 is 0 Å². The molecule has 21 heavy (non-hydrogen) atoms. The lowest BCUT2D eigenvalue weighted by atomic mass is 9.94. The lowest BCUT2D eigenvalue weighted by Gasteiger charge is -2.34. The molecule has 3 rings (SSSR count). The summed E-state index contributed by atoms with van der Waals surface area (Å²) in [7, 11) is 0. The quantitative estimate of drug-likeness (QED) is 0.938. The third-order valence-electron chi connectivity index (χ3n) is 4.16. The number of hydrogen-bond acceptors (Lipinski definition) is 4. The van der Waals surface area contributed by atoms with Crippen molar-refractivity contribution in [3.63, 3.8) is 0 Å². The van der Waals surface area contributed by atoms with Gasteiger partial charge in [0.1, 0.15) is 11.6 Å². The van der Waals surface area contributed by atoms with Crippen LogP contribution in [0, 0.1) is 6.92 Å². The Bertz CT molecular complexity index is 578. The van der Waals surface area contributed by atoms with Crippen molar-refractivity contribution in [3.05, 3.63) is 35.5 Å². The van der Waals surface area contributed by atoms with Crippen LogP contribution < -0.4 is 4.90 Å². The molecule has 112 valence electrons. The van der Waals surface area contributed by atoms with Crippen LogP contribution in [-0.4, -0.2) is 33.3 Å². The van der Waals surface area contributed by atoms with Crippen molar-refractivity contribution in [1.29, 1.82) is 0 Å². The van der Waals surface area contributed by atoms with Gasteiger partial charge in [-0.3, -0.25) is 5.10 Å². The molecule has 0 saturated carbocycles. The van der Waals surface area contributed by atoms with Gasteiger partial charge in [0, 0.05) is 42.7 Å². The summed E-state index contributed by atoms with van der Waals surface area (Å²) in [6.45, 7) is 6.26. The first-order chi connectivity index (χ1) is 10.3. The van der Waals surface area contributed by atoms with E-state index < -0.39 is 0 Å². The van der Waals surface area contributed by atoms with Gasteiger partial charge >= 0.3 is 0 Å². The maximum atomic E-state index is 4.72. The van der Waals surface area contributed by atoms with Crippen LogP contribution in [0.1, 0.15) is 49.2 Å². The van der Waals surface area contributed by atoms with E-state index in [0.717, 1.165) is 37.6 Å². The van der Waals surface area contributed by atoms with Crippen LogP contribution in [0.15, 0.2) is 18.5 Å². The molecule has 1 atom stereocenters. The minimum absolute atomic E-state index is 0.519. The number of aromatic nitrogens is 4. The van der Waals surface area contributed by atoms with Crippen LogP contribution in [0.25, 0.3) is 0 Å². The van der Waals surface area contributed by atoms with E-state index in [4.69, 9.17) is 4.98 Å². The molecule has 1 N–H and O–H groups in total. The fraction of sp³-hybridized carbons (Fsp3) is 0.562. The van der Waals surface area contributed by atoms with Crippen molar-refractivity contribution in [2.75, 3.05) is 18.0 Å². The summed E-state index contributed by atoms with van der Waals surface area (Å²) in [6, 6.07) is 2.09. The highest BCUT2D eigenvalue weighted by Crippen LogP contribution is 2.29. The van der Waals surface area contributed by atoms with Crippen molar-refractivity contribution < 1.29 is 0 Å². The Labute approximate surface area is 125 Å². The molecule has 0 aromatic carbocycles. The first-order valence-corrected chi connectivity index (χ1v) is 7.84. The molecule has 0 bridgehead atoms. The number of hydrogen-bond donors (Lipinski definition) is 1. The zero-order valence-electron chi connectivity index (χ0n) is 12.8. The van der Waals surface area contributed by atoms with Crippen LogP contribution in [0.3, 0.4) is 0 Å². The molecule has 2 aromatic rings. The Hall–Kier alpha value is -1.91. The topological polar surface area (TPSA) is 57.7 Å². The third-order valence-corrected chi connectivity index (χ3v) is 4.16. The van der Waals surface area contributed by atoms with E-state index in [1.165, 1.54) is 24.1 Å². The maximum absolute atomic E-state index is 4.72. The monoisotopic (exact) mass is 285 g/mol. The molecule has 1 aliphatic rings. The summed E-state index contributed by atoms with van der Waals surface area (Å²) < 4.78 is 0. The van der Waals surface area contributed by atoms with Crippen LogP contribution in [-0.2, 0) is 6.42 Å². The second kappa shape index (κ2) is 6.24. The molecule has 1 aliphatic heterocycles. The molecule has 0 amide bonds. The third kappa shape index (κ3) is 3.06. The number of H-pyrrole nitrogens is 1. The van der Waals surface area contributed by atoms with Crippen LogP contribution in [0.2, 0.25) is 0 Å². The smallest absolute Gasteiger partial charge is 0.135 e. The van der Waals surface area contributed by atoms with Crippen molar-refractivity contribution in [1.82, 2.24) is 20.2 Å². The molecular weight excluding hydrogens is 262 g/mol. The molecule has 1 saturated heterocycles. The Morgan fingerprint density at radius 3 is 3.10 bits per heavy atom. The van der Waals surface area contributed by atoms with Crippen molar-refractivity contribution in [2.24, 2.45) is 0 Å². The zero-order valence-corrected chi connectivity index (χ0v) is 12.8. The number of aryl methyl sites for hydroxylation is 2. The predicted octanol–water partition coefficient (Wildman–Crippen LogP) is 2.84. The van der Waals surface area contributed by atoms with Crippen molar-refractivity contribution in [2.45, 2.75) is 45.4 Å². The standard InChI is InChI=1S/C16H23N5/c1-3-5-13-10-17-12(2)19-16(13)21-9-4-6-14(11-21)15-7-8-18-20-15/h7-8,10,14H,3-6,9,11H2,1-2H3,(H,18,20). The van der Waals surface area contributed by atoms with E-state index in [9.17, 15) is 0 Å². The van der Waals surface area contributed by atoms with Crippen LogP contribution >= 0.6 is 0 Å². The lowest BCUT2D eigenvalue weighted by molar-refractivity contribution is 0.496. The van der Waals surface area contributed by atoms with Gasteiger partial charge in [0.25, 0.3) is 0 Å². The molecule has 3 heterocycles. The van der Waals surface area contributed by atoms with Crippen LogP contribution in [0.4, 0.5) is 5.82 Å². The van der Waals surface area contributed by atoms with Gasteiger partial charge in [0.15, 0.2) is 0 Å². The van der Waals surface area contributed by atoms with Gasteiger partial charge in [0.2, 0.25) is 0 Å². The van der Waals surface area contributed by atoms with E-state index in [2.05, 4.69) is 33.1 Å². The fourth-order valence-corrected chi connectivity index (χ4v) is 3.12. The van der Waals surface area contributed by atoms with Crippen molar-refractivity contribution >= 4 is 5.82 Å². The number of nitrogens with one attached hydrogen (secondary N) is 1. The average molecular weight is 285 g/mol. The van der Waals surface area contributed by atoms with Crippen molar-refractivity contribution in [3.8, 4) is 0 Å². The second-order valence-corrected chi connectivity index (χ2v) is 5.81. The van der Waals surface area contributed by atoms with Gasteiger partial charge in [-0.2, -0.15) is 5.10 Å².